The molecule has 0 atom stereocenters. The summed E-state index contributed by atoms with van der Waals surface area (Å²) in [7, 11) is 0. The molecule has 0 saturated carbocycles. The molecule has 0 aliphatic rings. The van der Waals surface area contributed by atoms with E-state index in [4.69, 9.17) is 0 Å². The first-order valence-electron chi connectivity index (χ1n) is 4.93. The first kappa shape index (κ1) is 19.5. The third-order valence-electron chi connectivity index (χ3n) is 1.19. The van der Waals surface area contributed by atoms with Crippen LogP contribution in [0.3, 0.4) is 0 Å². The van der Waals surface area contributed by atoms with Crippen LogP contribution in [0.4, 0.5) is 0 Å². The predicted octanol–water partition coefficient (Wildman–Crippen LogP) is 2.08. The molecular weight excluding hydrogens is 198 g/mol. The van der Waals surface area contributed by atoms with Gasteiger partial charge < -0.3 is 15.6 Å². The van der Waals surface area contributed by atoms with Crippen molar-refractivity contribution in [2.24, 2.45) is 0 Å². The summed E-state index contributed by atoms with van der Waals surface area (Å²) in [5, 5.41) is 0. The summed E-state index contributed by atoms with van der Waals surface area (Å²) < 4.78 is 9.10. The molecule has 0 unspecified atom stereocenters. The van der Waals surface area contributed by atoms with Crippen LogP contribution in [0.2, 0.25) is 0 Å². The Morgan fingerprint density at radius 2 is 1.07 bits per heavy atom. The van der Waals surface area contributed by atoms with Gasteiger partial charge in [-0.2, -0.15) is 0 Å². The zero-order valence-corrected chi connectivity index (χ0v) is 10.2. The first-order chi connectivity index (χ1) is 6.62. The second-order valence-electron chi connectivity index (χ2n) is 2.32. The highest BCUT2D eigenvalue weighted by Gasteiger charge is 1.91. The van der Waals surface area contributed by atoms with E-state index in [1.165, 1.54) is 0 Å². The van der Waals surface area contributed by atoms with Crippen LogP contribution >= 0.6 is 0 Å². The predicted molar refractivity (Wildman–Crippen MR) is 58.9 cm³/mol. The van der Waals surface area contributed by atoms with Crippen molar-refractivity contribution in [2.75, 3.05) is 13.2 Å². The lowest BCUT2D eigenvalue weighted by Crippen LogP contribution is -2.00. The van der Waals surface area contributed by atoms with Crippen LogP contribution in [-0.2, 0) is 19.1 Å². The zero-order valence-electron chi connectivity index (χ0n) is 10.2. The molecule has 0 aromatic carbocycles. The smallest absolute Gasteiger partial charge is 0.305 e. The summed E-state index contributed by atoms with van der Waals surface area (Å²) in [4.78, 5) is 20.4. The van der Waals surface area contributed by atoms with Crippen LogP contribution in [0.25, 0.3) is 0 Å². The number of rotatable bonds is 4. The van der Waals surface area contributed by atoms with E-state index in [0.29, 0.717) is 26.1 Å². The van der Waals surface area contributed by atoms with Crippen LogP contribution in [0.15, 0.2) is 0 Å². The van der Waals surface area contributed by atoms with Gasteiger partial charge in [-0.25, -0.2) is 0 Å². The molecule has 5 nitrogen and oxygen atoms in total. The number of hydrogen-bond acceptors (Lipinski definition) is 5. The summed E-state index contributed by atoms with van der Waals surface area (Å²) >= 11 is 0. The van der Waals surface area contributed by atoms with Crippen molar-refractivity contribution in [1.29, 1.82) is 0 Å². The molecule has 0 saturated heterocycles. The second-order valence-corrected chi connectivity index (χ2v) is 2.32. The summed E-state index contributed by atoms with van der Waals surface area (Å²) in [6.45, 7) is 8.14. The average Bonchev–Trinajstić information content (AvgIpc) is 2.19. The molecular formula is C10H23NO4. The monoisotopic (exact) mass is 221 g/mol. The SMILES string of the molecule is CCOC(=O)CC.CCOC(=O)CC.N. The van der Waals surface area contributed by atoms with Crippen LogP contribution in [-0.4, -0.2) is 25.2 Å². The quantitative estimate of drug-likeness (QED) is 0.734. The van der Waals surface area contributed by atoms with Crippen LogP contribution in [0.5, 0.6) is 0 Å². The molecule has 0 fully saturated rings. The van der Waals surface area contributed by atoms with Gasteiger partial charge in [-0.3, -0.25) is 9.59 Å². The van der Waals surface area contributed by atoms with E-state index >= 15 is 0 Å². The zero-order chi connectivity index (χ0) is 11.4. The van der Waals surface area contributed by atoms with E-state index in [0.717, 1.165) is 0 Å². The molecule has 92 valence electrons. The Morgan fingerprint density at radius 1 is 0.800 bits per heavy atom. The third-order valence-corrected chi connectivity index (χ3v) is 1.19. The van der Waals surface area contributed by atoms with Crippen molar-refractivity contribution in [3.05, 3.63) is 0 Å². The van der Waals surface area contributed by atoms with Crippen LogP contribution < -0.4 is 6.15 Å². The number of hydrogen-bond donors (Lipinski definition) is 1. The van der Waals surface area contributed by atoms with E-state index < -0.39 is 0 Å². The van der Waals surface area contributed by atoms with Gasteiger partial charge in [0.1, 0.15) is 0 Å². The minimum absolute atomic E-state index is 0. The van der Waals surface area contributed by atoms with Crippen LogP contribution in [0, 0.1) is 0 Å². The van der Waals surface area contributed by atoms with Crippen molar-refractivity contribution in [2.45, 2.75) is 40.5 Å². The van der Waals surface area contributed by atoms with E-state index in [1.807, 2.05) is 0 Å². The molecule has 0 spiro atoms. The van der Waals surface area contributed by atoms with E-state index in [1.54, 1.807) is 27.7 Å². The molecule has 0 aliphatic carbocycles. The van der Waals surface area contributed by atoms with E-state index in [-0.39, 0.29) is 18.1 Å². The lowest BCUT2D eigenvalue weighted by atomic mass is 10.5. The molecule has 15 heavy (non-hydrogen) atoms. The Bertz CT molecular complexity index is 142. The van der Waals surface area contributed by atoms with Gasteiger partial charge in [0.05, 0.1) is 13.2 Å². The summed E-state index contributed by atoms with van der Waals surface area (Å²) in [5.74, 6) is -0.245. The third kappa shape index (κ3) is 19.3. The summed E-state index contributed by atoms with van der Waals surface area (Å²) in [5.41, 5.74) is 0. The topological polar surface area (TPSA) is 87.6 Å². The molecule has 3 N–H and O–H groups in total. The second kappa shape index (κ2) is 15.4. The number of carbonyl (C=O) groups is 2. The van der Waals surface area contributed by atoms with Gasteiger partial charge in [0, 0.05) is 12.8 Å². The van der Waals surface area contributed by atoms with Gasteiger partial charge in [-0.1, -0.05) is 13.8 Å². The minimum atomic E-state index is -0.123. The fraction of sp³-hybridized carbons (Fsp3) is 0.800. The Labute approximate surface area is 91.7 Å². The maximum absolute atomic E-state index is 10.2. The normalized spacial score (nSPS) is 7.73. The highest BCUT2D eigenvalue weighted by atomic mass is 16.5. The van der Waals surface area contributed by atoms with Gasteiger partial charge in [0.25, 0.3) is 0 Å². The van der Waals surface area contributed by atoms with Crippen LogP contribution in [0.1, 0.15) is 40.5 Å². The molecule has 0 bridgehead atoms. The van der Waals surface area contributed by atoms with Crippen molar-refractivity contribution in [1.82, 2.24) is 6.15 Å². The molecule has 0 aromatic heterocycles. The molecule has 5 heteroatoms. The summed E-state index contributed by atoms with van der Waals surface area (Å²) in [6.07, 6.45) is 0.960. The lowest BCUT2D eigenvalue weighted by molar-refractivity contribution is -0.143. The van der Waals surface area contributed by atoms with Crippen molar-refractivity contribution < 1.29 is 19.1 Å². The number of ether oxygens (including phenoxy) is 2. The average molecular weight is 221 g/mol. The molecule has 0 rings (SSSR count). The Balaban J connectivity index is -0.000000180. The van der Waals surface area contributed by atoms with Crippen molar-refractivity contribution >= 4 is 11.9 Å². The Hall–Kier alpha value is -1.10. The largest absolute Gasteiger partial charge is 0.466 e. The van der Waals surface area contributed by atoms with Gasteiger partial charge in [0.15, 0.2) is 0 Å². The molecule has 0 aromatic rings. The maximum atomic E-state index is 10.2. The summed E-state index contributed by atoms with van der Waals surface area (Å²) in [6, 6.07) is 0. The number of esters is 2. The minimum Gasteiger partial charge on any atom is -0.466 e. The highest BCUT2D eigenvalue weighted by molar-refractivity contribution is 5.69. The molecule has 0 radical (unpaired) electrons. The molecule has 0 aliphatic heterocycles. The van der Waals surface area contributed by atoms with Crippen molar-refractivity contribution in [3.63, 3.8) is 0 Å². The van der Waals surface area contributed by atoms with E-state index in [9.17, 15) is 9.59 Å². The molecule has 0 amide bonds. The van der Waals surface area contributed by atoms with Crippen molar-refractivity contribution in [3.8, 4) is 0 Å². The van der Waals surface area contributed by atoms with Gasteiger partial charge >= 0.3 is 11.9 Å². The fourth-order valence-electron chi connectivity index (χ4n) is 0.526. The first-order valence-corrected chi connectivity index (χ1v) is 4.93. The Morgan fingerprint density at radius 3 is 1.13 bits per heavy atom. The van der Waals surface area contributed by atoms with Gasteiger partial charge in [0.2, 0.25) is 0 Å². The molecule has 0 heterocycles. The van der Waals surface area contributed by atoms with Gasteiger partial charge in [-0.05, 0) is 13.8 Å². The lowest BCUT2D eigenvalue weighted by Gasteiger charge is -1.93. The maximum Gasteiger partial charge on any atom is 0.305 e. The number of carbonyl (C=O) groups excluding carboxylic acids is 2. The Kier molecular flexibility index (Phi) is 20.0. The van der Waals surface area contributed by atoms with E-state index in [2.05, 4.69) is 9.47 Å². The standard InChI is InChI=1S/2C5H10O2.H3N/c2*1-3-5(6)7-4-2;/h2*3-4H2,1-2H3;1H3. The fourth-order valence-corrected chi connectivity index (χ4v) is 0.526. The van der Waals surface area contributed by atoms with Gasteiger partial charge in [-0.15, -0.1) is 0 Å². The highest BCUT2D eigenvalue weighted by Crippen LogP contribution is 1.81.